The zero-order valence-electron chi connectivity index (χ0n) is 7.25. The lowest BCUT2D eigenvalue weighted by Crippen LogP contribution is -2.36. The van der Waals surface area contributed by atoms with Gasteiger partial charge in [0.05, 0.1) is 20.1 Å². The quantitative estimate of drug-likeness (QED) is 0.561. The van der Waals surface area contributed by atoms with Gasteiger partial charge in [-0.05, 0) is 26.1 Å². The van der Waals surface area contributed by atoms with Crippen molar-refractivity contribution in [3.8, 4) is 0 Å². The van der Waals surface area contributed by atoms with Crippen molar-refractivity contribution in [2.75, 3.05) is 0 Å². The monoisotopic (exact) mass is 154 g/mol. The second-order valence-electron chi connectivity index (χ2n) is 3.01. The highest BCUT2D eigenvalue weighted by molar-refractivity contribution is 6.08. The summed E-state index contributed by atoms with van der Waals surface area (Å²) in [6.07, 6.45) is 2.95. The zero-order valence-corrected chi connectivity index (χ0v) is 7.25. The molecule has 3 unspecified atom stereocenters. The van der Waals surface area contributed by atoms with Gasteiger partial charge in [-0.1, -0.05) is 6.92 Å². The Bertz CT molecular complexity index is 107. The summed E-state index contributed by atoms with van der Waals surface area (Å²) in [6, 6.07) is 0. The molecule has 3 atom stereocenters. The zero-order chi connectivity index (χ0) is 8.27. The molecule has 2 radical (unpaired) electrons. The molecule has 62 valence electrons. The van der Waals surface area contributed by atoms with Crippen LogP contribution in [0.1, 0.15) is 26.7 Å². The predicted octanol–water partition coefficient (Wildman–Crippen LogP) is 1.50. The van der Waals surface area contributed by atoms with Gasteiger partial charge in [-0.2, -0.15) is 0 Å². The van der Waals surface area contributed by atoms with E-state index in [0.29, 0.717) is 18.5 Å². The maximum absolute atomic E-state index is 5.51. The van der Waals surface area contributed by atoms with Crippen molar-refractivity contribution in [1.82, 2.24) is 0 Å². The molecule has 1 aliphatic heterocycles. The predicted molar refractivity (Wildman–Crippen MR) is 44.7 cm³/mol. The van der Waals surface area contributed by atoms with Gasteiger partial charge in [0.1, 0.15) is 0 Å². The van der Waals surface area contributed by atoms with Crippen LogP contribution in [0.15, 0.2) is 0 Å². The first-order valence-electron chi connectivity index (χ1n) is 4.27. The summed E-state index contributed by atoms with van der Waals surface area (Å²) >= 11 is 0. The van der Waals surface area contributed by atoms with Crippen molar-refractivity contribution in [2.45, 2.75) is 51.5 Å². The summed E-state index contributed by atoms with van der Waals surface area (Å²) in [6.45, 7) is 4.18. The van der Waals surface area contributed by atoms with Gasteiger partial charge in [-0.15, -0.1) is 0 Å². The van der Waals surface area contributed by atoms with Gasteiger partial charge in [0.15, 0.2) is 6.29 Å². The summed E-state index contributed by atoms with van der Waals surface area (Å²) in [5.41, 5.74) is 0. The molecule has 11 heavy (non-hydrogen) atoms. The number of hydrogen-bond donors (Lipinski definition) is 0. The van der Waals surface area contributed by atoms with E-state index in [1.807, 2.05) is 0 Å². The van der Waals surface area contributed by atoms with E-state index in [2.05, 4.69) is 13.8 Å². The molecule has 0 aromatic carbocycles. The largest absolute Gasteiger partial charge is 0.350 e. The number of rotatable bonds is 2. The first-order chi connectivity index (χ1) is 5.26. The second-order valence-corrected chi connectivity index (χ2v) is 3.01. The third-order valence-electron chi connectivity index (χ3n) is 1.97. The van der Waals surface area contributed by atoms with Crippen molar-refractivity contribution in [1.29, 1.82) is 0 Å². The summed E-state index contributed by atoms with van der Waals surface area (Å²) in [5.74, 6) is 0. The Morgan fingerprint density at radius 3 is 2.73 bits per heavy atom. The Labute approximate surface area is 69.7 Å². The van der Waals surface area contributed by atoms with Crippen LogP contribution in [-0.4, -0.2) is 26.3 Å². The normalized spacial score (nSPS) is 38.9. The molecule has 1 saturated heterocycles. The van der Waals surface area contributed by atoms with Crippen LogP contribution in [0.5, 0.6) is 0 Å². The fourth-order valence-electron chi connectivity index (χ4n) is 1.36. The molecule has 0 saturated carbocycles. The van der Waals surface area contributed by atoms with E-state index >= 15 is 0 Å². The minimum absolute atomic E-state index is 0.177. The standard InChI is InChI=1S/C8H15BO2/c1-3-7-4-6(2)10-8(5-9)11-7/h6-8H,3-5H2,1-2H3. The molecular formula is C8H15BO2. The second kappa shape index (κ2) is 4.12. The van der Waals surface area contributed by atoms with Gasteiger partial charge < -0.3 is 9.47 Å². The minimum Gasteiger partial charge on any atom is -0.350 e. The number of ether oxygens (including phenoxy) is 2. The van der Waals surface area contributed by atoms with Crippen molar-refractivity contribution >= 4 is 7.85 Å². The fraction of sp³-hybridized carbons (Fsp3) is 1.00. The highest BCUT2D eigenvalue weighted by Gasteiger charge is 2.24. The molecule has 1 aliphatic rings. The van der Waals surface area contributed by atoms with Crippen LogP contribution in [0.4, 0.5) is 0 Å². The molecule has 0 amide bonds. The smallest absolute Gasteiger partial charge is 0.150 e. The van der Waals surface area contributed by atoms with Gasteiger partial charge in [0.2, 0.25) is 0 Å². The Kier molecular flexibility index (Phi) is 3.40. The van der Waals surface area contributed by atoms with E-state index in [9.17, 15) is 0 Å². The van der Waals surface area contributed by atoms with Crippen LogP contribution in [-0.2, 0) is 9.47 Å². The van der Waals surface area contributed by atoms with Crippen molar-refractivity contribution < 1.29 is 9.47 Å². The summed E-state index contributed by atoms with van der Waals surface area (Å²) in [7, 11) is 5.43. The molecule has 1 heterocycles. The molecule has 2 nitrogen and oxygen atoms in total. The van der Waals surface area contributed by atoms with E-state index in [1.165, 1.54) is 0 Å². The molecular weight excluding hydrogens is 139 g/mol. The molecule has 0 N–H and O–H groups in total. The lowest BCUT2D eigenvalue weighted by molar-refractivity contribution is -0.229. The van der Waals surface area contributed by atoms with Gasteiger partial charge >= 0.3 is 0 Å². The Morgan fingerprint density at radius 1 is 1.45 bits per heavy atom. The van der Waals surface area contributed by atoms with Crippen LogP contribution < -0.4 is 0 Å². The summed E-state index contributed by atoms with van der Waals surface area (Å²) < 4.78 is 10.9. The first kappa shape index (κ1) is 9.08. The van der Waals surface area contributed by atoms with Gasteiger partial charge in [0.25, 0.3) is 0 Å². The highest BCUT2D eigenvalue weighted by atomic mass is 16.7. The van der Waals surface area contributed by atoms with Gasteiger partial charge in [-0.25, -0.2) is 0 Å². The third kappa shape index (κ3) is 2.49. The van der Waals surface area contributed by atoms with Crippen molar-refractivity contribution in [2.24, 2.45) is 0 Å². The van der Waals surface area contributed by atoms with E-state index in [0.717, 1.165) is 12.8 Å². The maximum Gasteiger partial charge on any atom is 0.150 e. The molecule has 0 aromatic heterocycles. The first-order valence-corrected chi connectivity index (χ1v) is 4.27. The maximum atomic E-state index is 5.51. The van der Waals surface area contributed by atoms with Crippen LogP contribution in [0, 0.1) is 0 Å². The topological polar surface area (TPSA) is 18.5 Å². The molecule has 1 rings (SSSR count). The molecule has 3 heteroatoms. The third-order valence-corrected chi connectivity index (χ3v) is 1.97. The molecule has 0 spiro atoms. The van der Waals surface area contributed by atoms with Crippen molar-refractivity contribution in [3.05, 3.63) is 0 Å². The Balaban J connectivity index is 2.37. The Hall–Kier alpha value is -0.0151. The Morgan fingerprint density at radius 2 is 2.18 bits per heavy atom. The average Bonchev–Trinajstić information content (AvgIpc) is 2.03. The average molecular weight is 154 g/mol. The SMILES string of the molecule is [B]CC1OC(C)CC(CC)O1. The van der Waals surface area contributed by atoms with Gasteiger partial charge in [-0.3, -0.25) is 0 Å². The van der Waals surface area contributed by atoms with Crippen LogP contribution >= 0.6 is 0 Å². The molecule has 1 fully saturated rings. The van der Waals surface area contributed by atoms with Crippen LogP contribution in [0.2, 0.25) is 6.32 Å². The molecule has 0 aliphatic carbocycles. The van der Waals surface area contributed by atoms with Crippen LogP contribution in [0.25, 0.3) is 0 Å². The van der Waals surface area contributed by atoms with E-state index in [-0.39, 0.29) is 6.29 Å². The van der Waals surface area contributed by atoms with Crippen LogP contribution in [0.3, 0.4) is 0 Å². The summed E-state index contributed by atoms with van der Waals surface area (Å²) in [5, 5.41) is 0. The lowest BCUT2D eigenvalue weighted by Gasteiger charge is -2.33. The fourth-order valence-corrected chi connectivity index (χ4v) is 1.36. The summed E-state index contributed by atoms with van der Waals surface area (Å²) in [4.78, 5) is 0. The molecule has 0 aromatic rings. The number of hydrogen-bond acceptors (Lipinski definition) is 2. The minimum atomic E-state index is -0.177. The van der Waals surface area contributed by atoms with E-state index in [1.54, 1.807) is 0 Å². The molecule has 0 bridgehead atoms. The lowest BCUT2D eigenvalue weighted by atomic mass is 10.0. The van der Waals surface area contributed by atoms with Crippen molar-refractivity contribution in [3.63, 3.8) is 0 Å². The van der Waals surface area contributed by atoms with Gasteiger partial charge in [0, 0.05) is 0 Å². The highest BCUT2D eigenvalue weighted by Crippen LogP contribution is 2.21. The van der Waals surface area contributed by atoms with E-state index < -0.39 is 0 Å². The van der Waals surface area contributed by atoms with E-state index in [4.69, 9.17) is 17.3 Å².